The van der Waals surface area contributed by atoms with E-state index in [9.17, 15) is 0 Å². The molecule has 0 heterocycles. The minimum Gasteiger partial charge on any atom is -0.382 e. The second-order valence-corrected chi connectivity index (χ2v) is 2.90. The fourth-order valence-corrected chi connectivity index (χ4v) is 0.983. The molecule has 0 aliphatic rings. The molecule has 0 spiro atoms. The van der Waals surface area contributed by atoms with Crippen LogP contribution in [-0.4, -0.2) is 33.5 Å². The van der Waals surface area contributed by atoms with Crippen LogP contribution in [0.1, 0.15) is 19.8 Å². The molecule has 74 valence electrons. The summed E-state index contributed by atoms with van der Waals surface area (Å²) in [5.41, 5.74) is 5.54. The van der Waals surface area contributed by atoms with E-state index in [4.69, 9.17) is 15.2 Å². The molecule has 0 amide bonds. The number of nitrogens with two attached hydrogens (primary N) is 1. The highest BCUT2D eigenvalue weighted by Gasteiger charge is 2.02. The highest BCUT2D eigenvalue weighted by atomic mass is 16.5. The lowest BCUT2D eigenvalue weighted by Crippen LogP contribution is -2.16. The van der Waals surface area contributed by atoms with E-state index in [-0.39, 0.29) is 0 Å². The first kappa shape index (κ1) is 11.9. The van der Waals surface area contributed by atoms with Gasteiger partial charge in [-0.1, -0.05) is 13.3 Å². The lowest BCUT2D eigenvalue weighted by molar-refractivity contribution is 0.0638. The van der Waals surface area contributed by atoms with Crippen molar-refractivity contribution in [2.24, 2.45) is 11.7 Å². The van der Waals surface area contributed by atoms with Gasteiger partial charge in [0, 0.05) is 13.7 Å². The van der Waals surface area contributed by atoms with Crippen molar-refractivity contribution in [3.05, 3.63) is 0 Å². The maximum atomic E-state index is 5.54. The van der Waals surface area contributed by atoms with Gasteiger partial charge in [-0.25, -0.2) is 0 Å². The Morgan fingerprint density at radius 2 is 2.00 bits per heavy atom. The Kier molecular flexibility index (Phi) is 8.88. The van der Waals surface area contributed by atoms with E-state index in [1.807, 2.05) is 0 Å². The van der Waals surface area contributed by atoms with Crippen molar-refractivity contribution in [3.63, 3.8) is 0 Å². The first-order valence-electron chi connectivity index (χ1n) is 4.61. The Bertz CT molecular complexity index is 84.6. The van der Waals surface area contributed by atoms with E-state index >= 15 is 0 Å². The van der Waals surface area contributed by atoms with E-state index in [0.29, 0.717) is 19.1 Å². The maximum absolute atomic E-state index is 5.54. The van der Waals surface area contributed by atoms with E-state index in [1.165, 1.54) is 0 Å². The Morgan fingerprint density at radius 3 is 2.50 bits per heavy atom. The standard InChI is InChI=1S/C9H21NO2/c1-3-9(8-10)4-5-12-7-6-11-2/h9H,3-8,10H2,1-2H3. The van der Waals surface area contributed by atoms with Crippen LogP contribution in [0.15, 0.2) is 0 Å². The molecule has 0 rings (SSSR count). The van der Waals surface area contributed by atoms with Crippen LogP contribution in [0, 0.1) is 5.92 Å². The SMILES string of the molecule is CCC(CN)CCOCCOC. The van der Waals surface area contributed by atoms with Gasteiger partial charge in [0.15, 0.2) is 0 Å². The molecule has 0 aromatic rings. The van der Waals surface area contributed by atoms with Crippen molar-refractivity contribution in [1.29, 1.82) is 0 Å². The molecule has 2 N–H and O–H groups in total. The molecule has 1 atom stereocenters. The molecule has 0 radical (unpaired) electrons. The summed E-state index contributed by atoms with van der Waals surface area (Å²) < 4.78 is 10.2. The number of hydrogen-bond acceptors (Lipinski definition) is 3. The third-order valence-corrected chi connectivity index (χ3v) is 2.01. The predicted molar refractivity (Wildman–Crippen MR) is 50.1 cm³/mol. The smallest absolute Gasteiger partial charge is 0.0700 e. The summed E-state index contributed by atoms with van der Waals surface area (Å²) in [6.07, 6.45) is 2.21. The zero-order chi connectivity index (χ0) is 9.23. The second kappa shape index (κ2) is 8.97. The van der Waals surface area contributed by atoms with Crippen LogP contribution in [0.2, 0.25) is 0 Å². The fourth-order valence-electron chi connectivity index (χ4n) is 0.983. The fraction of sp³-hybridized carbons (Fsp3) is 1.00. The van der Waals surface area contributed by atoms with Gasteiger partial charge in [0.2, 0.25) is 0 Å². The molecule has 0 bridgehead atoms. The molecule has 0 aromatic heterocycles. The van der Waals surface area contributed by atoms with E-state index in [2.05, 4.69) is 6.92 Å². The van der Waals surface area contributed by atoms with Gasteiger partial charge in [-0.05, 0) is 18.9 Å². The van der Waals surface area contributed by atoms with Gasteiger partial charge in [-0.2, -0.15) is 0 Å². The van der Waals surface area contributed by atoms with Crippen molar-refractivity contribution in [2.45, 2.75) is 19.8 Å². The average molecular weight is 175 g/mol. The zero-order valence-corrected chi connectivity index (χ0v) is 8.21. The Hall–Kier alpha value is -0.120. The van der Waals surface area contributed by atoms with Gasteiger partial charge in [0.25, 0.3) is 0 Å². The summed E-state index contributed by atoms with van der Waals surface area (Å²) in [5.74, 6) is 0.618. The van der Waals surface area contributed by atoms with E-state index < -0.39 is 0 Å². The van der Waals surface area contributed by atoms with E-state index in [0.717, 1.165) is 26.0 Å². The lowest BCUT2D eigenvalue weighted by Gasteiger charge is -2.11. The molecule has 0 aromatic carbocycles. The summed E-state index contributed by atoms with van der Waals surface area (Å²) in [5, 5.41) is 0. The first-order valence-corrected chi connectivity index (χ1v) is 4.61. The quantitative estimate of drug-likeness (QED) is 0.560. The van der Waals surface area contributed by atoms with Gasteiger partial charge < -0.3 is 15.2 Å². The van der Waals surface area contributed by atoms with Gasteiger partial charge in [0.05, 0.1) is 13.2 Å². The van der Waals surface area contributed by atoms with Crippen LogP contribution in [-0.2, 0) is 9.47 Å². The first-order chi connectivity index (χ1) is 5.85. The highest BCUT2D eigenvalue weighted by Crippen LogP contribution is 2.05. The summed E-state index contributed by atoms with van der Waals surface area (Å²) >= 11 is 0. The van der Waals surface area contributed by atoms with Crippen molar-refractivity contribution < 1.29 is 9.47 Å². The third-order valence-electron chi connectivity index (χ3n) is 2.01. The number of hydrogen-bond donors (Lipinski definition) is 1. The lowest BCUT2D eigenvalue weighted by atomic mass is 10.0. The van der Waals surface area contributed by atoms with Crippen LogP contribution >= 0.6 is 0 Å². The maximum Gasteiger partial charge on any atom is 0.0700 e. The monoisotopic (exact) mass is 175 g/mol. The molecule has 3 nitrogen and oxygen atoms in total. The summed E-state index contributed by atoms with van der Waals surface area (Å²) in [7, 11) is 1.68. The minimum atomic E-state index is 0.618. The molecule has 3 heteroatoms. The molecule has 12 heavy (non-hydrogen) atoms. The molecule has 0 saturated carbocycles. The average Bonchev–Trinajstić information content (AvgIpc) is 2.11. The predicted octanol–water partition coefficient (Wildman–Crippen LogP) is 1.02. The third kappa shape index (κ3) is 6.58. The molecule has 0 saturated heterocycles. The molecule has 1 unspecified atom stereocenters. The van der Waals surface area contributed by atoms with Gasteiger partial charge in [-0.3, -0.25) is 0 Å². The summed E-state index contributed by atoms with van der Waals surface area (Å²) in [6.45, 7) is 5.10. The number of ether oxygens (including phenoxy) is 2. The number of rotatable bonds is 8. The highest BCUT2D eigenvalue weighted by molar-refractivity contribution is 4.56. The van der Waals surface area contributed by atoms with Crippen LogP contribution in [0.25, 0.3) is 0 Å². The van der Waals surface area contributed by atoms with Crippen LogP contribution in [0.5, 0.6) is 0 Å². The topological polar surface area (TPSA) is 44.5 Å². The largest absolute Gasteiger partial charge is 0.382 e. The van der Waals surface area contributed by atoms with Crippen molar-refractivity contribution in [3.8, 4) is 0 Å². The van der Waals surface area contributed by atoms with Crippen molar-refractivity contribution >= 4 is 0 Å². The van der Waals surface area contributed by atoms with Crippen molar-refractivity contribution in [1.82, 2.24) is 0 Å². The molecule has 0 fully saturated rings. The molecular weight excluding hydrogens is 154 g/mol. The minimum absolute atomic E-state index is 0.618. The molecular formula is C9H21NO2. The van der Waals surface area contributed by atoms with Crippen molar-refractivity contribution in [2.75, 3.05) is 33.5 Å². The van der Waals surface area contributed by atoms with Gasteiger partial charge in [-0.15, -0.1) is 0 Å². The Balaban J connectivity index is 3.06. The zero-order valence-electron chi connectivity index (χ0n) is 8.21. The number of methoxy groups -OCH3 is 1. The second-order valence-electron chi connectivity index (χ2n) is 2.90. The van der Waals surface area contributed by atoms with Gasteiger partial charge in [0.1, 0.15) is 0 Å². The van der Waals surface area contributed by atoms with Crippen LogP contribution < -0.4 is 5.73 Å². The van der Waals surface area contributed by atoms with E-state index in [1.54, 1.807) is 7.11 Å². The Labute approximate surface area is 75.2 Å². The normalized spacial score (nSPS) is 13.2. The summed E-state index contributed by atoms with van der Waals surface area (Å²) in [4.78, 5) is 0. The molecule has 0 aliphatic carbocycles. The van der Waals surface area contributed by atoms with Crippen LogP contribution in [0.3, 0.4) is 0 Å². The molecule has 0 aliphatic heterocycles. The van der Waals surface area contributed by atoms with Crippen LogP contribution in [0.4, 0.5) is 0 Å². The summed E-state index contributed by atoms with van der Waals surface area (Å²) in [6, 6.07) is 0. The Morgan fingerprint density at radius 1 is 1.25 bits per heavy atom. The van der Waals surface area contributed by atoms with Gasteiger partial charge >= 0.3 is 0 Å².